The van der Waals surface area contributed by atoms with Gasteiger partial charge in [0, 0.05) is 24.5 Å². The molecule has 0 amide bonds. The second-order valence-corrected chi connectivity index (χ2v) is 7.60. The summed E-state index contributed by atoms with van der Waals surface area (Å²) >= 11 is 6.04. The van der Waals surface area contributed by atoms with E-state index in [-0.39, 0.29) is 21.9 Å². The van der Waals surface area contributed by atoms with E-state index in [0.717, 1.165) is 19.3 Å². The van der Waals surface area contributed by atoms with Crippen LogP contribution in [-0.2, 0) is 23.8 Å². The molecule has 0 bridgehead atoms. The summed E-state index contributed by atoms with van der Waals surface area (Å²) in [5.41, 5.74) is 0.558. The van der Waals surface area contributed by atoms with Crippen molar-refractivity contribution >= 4 is 35.6 Å². The highest BCUT2D eigenvalue weighted by Gasteiger charge is 2.46. The van der Waals surface area contributed by atoms with Crippen LogP contribution in [0.15, 0.2) is 40.3 Å². The number of hydrogen-bond acceptors (Lipinski definition) is 7. The topological polar surface area (TPSA) is 92.0 Å². The smallest absolute Gasteiger partial charge is 0.349 e. The average molecular weight is 431 g/mol. The molecule has 0 atom stereocenters. The predicted octanol–water partition coefficient (Wildman–Crippen LogP) is 4.53. The van der Waals surface area contributed by atoms with E-state index in [4.69, 9.17) is 30.2 Å². The summed E-state index contributed by atoms with van der Waals surface area (Å²) in [6, 6.07) is 8.03. The van der Waals surface area contributed by atoms with Gasteiger partial charge in [0.2, 0.25) is 0 Å². The van der Waals surface area contributed by atoms with Crippen molar-refractivity contribution in [3.05, 3.63) is 52.3 Å². The van der Waals surface area contributed by atoms with Crippen LogP contribution in [-0.4, -0.2) is 30.8 Å². The third-order valence-electron chi connectivity index (χ3n) is 5.18. The van der Waals surface area contributed by atoms with Crippen LogP contribution in [0.5, 0.6) is 0 Å². The average Bonchev–Trinajstić information content (AvgIpc) is 3.20. The van der Waals surface area contributed by atoms with Crippen molar-refractivity contribution in [2.75, 3.05) is 7.11 Å². The molecule has 1 saturated heterocycles. The highest BCUT2D eigenvalue weighted by molar-refractivity contribution is 6.33. The Morgan fingerprint density at radius 2 is 1.77 bits per heavy atom. The number of rotatable bonds is 3. The maximum Gasteiger partial charge on any atom is 0.349 e. The zero-order valence-electron chi connectivity index (χ0n) is 16.2. The third-order valence-corrected chi connectivity index (χ3v) is 5.51. The highest BCUT2D eigenvalue weighted by Crippen LogP contribution is 2.37. The van der Waals surface area contributed by atoms with E-state index >= 15 is 0 Å². The van der Waals surface area contributed by atoms with Crippen LogP contribution in [0, 0.1) is 0 Å². The van der Waals surface area contributed by atoms with Gasteiger partial charge in [0.25, 0.3) is 5.79 Å². The number of benzene rings is 1. The Bertz CT molecular complexity index is 1020. The molecule has 2 aromatic rings. The predicted molar refractivity (Wildman–Crippen MR) is 106 cm³/mol. The Kier molecular flexibility index (Phi) is 5.39. The van der Waals surface area contributed by atoms with Gasteiger partial charge in [-0.2, -0.15) is 0 Å². The number of carbonyl (C=O) groups excluding carboxylic acids is 3. The van der Waals surface area contributed by atoms with Crippen molar-refractivity contribution < 1.29 is 33.0 Å². The molecule has 1 aromatic heterocycles. The SMILES string of the molecule is COC(=O)c1cc(-c2ccc(C=C3C(=O)OC4(CCCCC4)OC3=O)o2)ccc1Cl. The van der Waals surface area contributed by atoms with Crippen LogP contribution in [0.2, 0.25) is 5.02 Å². The lowest BCUT2D eigenvalue weighted by Gasteiger charge is -2.38. The largest absolute Gasteiger partial charge is 0.465 e. The summed E-state index contributed by atoms with van der Waals surface area (Å²) < 4.78 is 21.4. The molecule has 1 aliphatic heterocycles. The number of ether oxygens (including phenoxy) is 3. The maximum atomic E-state index is 12.5. The van der Waals surface area contributed by atoms with Gasteiger partial charge in [-0.05, 0) is 43.2 Å². The first kappa shape index (κ1) is 20.2. The molecular formula is C22H19ClO7. The molecule has 1 spiro atoms. The second-order valence-electron chi connectivity index (χ2n) is 7.20. The molecule has 7 nitrogen and oxygen atoms in total. The minimum absolute atomic E-state index is 0.199. The second kappa shape index (κ2) is 7.99. The van der Waals surface area contributed by atoms with Crippen LogP contribution in [0.1, 0.15) is 48.2 Å². The first-order chi connectivity index (χ1) is 14.4. The Labute approximate surface area is 177 Å². The molecule has 0 unspecified atom stereocenters. The Morgan fingerprint density at radius 3 is 2.43 bits per heavy atom. The zero-order chi connectivity index (χ0) is 21.3. The van der Waals surface area contributed by atoms with E-state index in [9.17, 15) is 14.4 Å². The van der Waals surface area contributed by atoms with E-state index in [1.807, 2.05) is 0 Å². The lowest BCUT2D eigenvalue weighted by Crippen LogP contribution is -2.47. The summed E-state index contributed by atoms with van der Waals surface area (Å²) in [5.74, 6) is -2.45. The van der Waals surface area contributed by atoms with Crippen molar-refractivity contribution in [3.8, 4) is 11.3 Å². The number of esters is 3. The summed E-state index contributed by atoms with van der Waals surface area (Å²) in [5, 5.41) is 0.254. The van der Waals surface area contributed by atoms with E-state index in [1.54, 1.807) is 30.3 Å². The normalized spacial score (nSPS) is 18.0. The monoisotopic (exact) mass is 430 g/mol. The lowest BCUT2D eigenvalue weighted by atomic mass is 9.93. The van der Waals surface area contributed by atoms with Crippen molar-refractivity contribution in [2.24, 2.45) is 0 Å². The molecule has 8 heteroatoms. The molecular weight excluding hydrogens is 412 g/mol. The fourth-order valence-corrected chi connectivity index (χ4v) is 3.83. The number of methoxy groups -OCH3 is 1. The van der Waals surface area contributed by atoms with E-state index < -0.39 is 23.7 Å². The molecule has 2 fully saturated rings. The molecule has 1 aromatic carbocycles. The summed E-state index contributed by atoms with van der Waals surface area (Å²) in [6.45, 7) is 0. The van der Waals surface area contributed by atoms with Gasteiger partial charge in [0.15, 0.2) is 0 Å². The van der Waals surface area contributed by atoms with Gasteiger partial charge in [-0.25, -0.2) is 14.4 Å². The number of hydrogen-bond donors (Lipinski definition) is 0. The third kappa shape index (κ3) is 3.85. The van der Waals surface area contributed by atoms with Gasteiger partial charge < -0.3 is 18.6 Å². The number of halogens is 1. The quantitative estimate of drug-likeness (QED) is 0.401. The molecule has 0 radical (unpaired) electrons. The highest BCUT2D eigenvalue weighted by atomic mass is 35.5. The van der Waals surface area contributed by atoms with Crippen molar-refractivity contribution in [1.82, 2.24) is 0 Å². The molecule has 156 valence electrons. The summed E-state index contributed by atoms with van der Waals surface area (Å²) in [6.07, 6.45) is 5.03. The van der Waals surface area contributed by atoms with Crippen LogP contribution < -0.4 is 0 Å². The van der Waals surface area contributed by atoms with Crippen LogP contribution in [0.25, 0.3) is 17.4 Å². The summed E-state index contributed by atoms with van der Waals surface area (Å²) in [7, 11) is 1.27. The van der Waals surface area contributed by atoms with Crippen LogP contribution in [0.4, 0.5) is 0 Å². The zero-order valence-corrected chi connectivity index (χ0v) is 17.0. The first-order valence-electron chi connectivity index (χ1n) is 9.57. The number of carbonyl (C=O) groups is 3. The van der Waals surface area contributed by atoms with E-state index in [1.165, 1.54) is 13.2 Å². The Balaban J connectivity index is 1.58. The van der Waals surface area contributed by atoms with Crippen LogP contribution >= 0.6 is 11.6 Å². The molecule has 2 heterocycles. The lowest BCUT2D eigenvalue weighted by molar-refractivity contribution is -0.244. The molecule has 2 aliphatic rings. The van der Waals surface area contributed by atoms with Gasteiger partial charge in [-0.1, -0.05) is 18.0 Å². The van der Waals surface area contributed by atoms with E-state index in [0.29, 0.717) is 24.2 Å². The Hall–Kier alpha value is -3.06. The van der Waals surface area contributed by atoms with Gasteiger partial charge in [-0.3, -0.25) is 0 Å². The fraction of sp³-hybridized carbons (Fsp3) is 0.318. The van der Waals surface area contributed by atoms with Gasteiger partial charge in [0.1, 0.15) is 17.1 Å². The van der Waals surface area contributed by atoms with Crippen LogP contribution in [0.3, 0.4) is 0 Å². The first-order valence-corrected chi connectivity index (χ1v) is 9.95. The minimum Gasteiger partial charge on any atom is -0.465 e. The standard InChI is InChI=1S/C22H19ClO7/c1-27-19(24)15-11-13(5-7-17(15)23)18-8-6-14(28-18)12-16-20(25)29-22(30-21(16)26)9-3-2-4-10-22/h5-8,11-12H,2-4,9-10H2,1H3. The summed E-state index contributed by atoms with van der Waals surface area (Å²) in [4.78, 5) is 36.7. The Morgan fingerprint density at radius 1 is 1.07 bits per heavy atom. The molecule has 0 N–H and O–H groups in total. The maximum absolute atomic E-state index is 12.5. The van der Waals surface area contributed by atoms with Gasteiger partial charge in [0.05, 0.1) is 17.7 Å². The molecule has 1 saturated carbocycles. The van der Waals surface area contributed by atoms with E-state index in [2.05, 4.69) is 0 Å². The van der Waals surface area contributed by atoms with Gasteiger partial charge >= 0.3 is 17.9 Å². The molecule has 4 rings (SSSR count). The van der Waals surface area contributed by atoms with Crippen molar-refractivity contribution in [2.45, 2.75) is 37.9 Å². The number of furan rings is 1. The fourth-order valence-electron chi connectivity index (χ4n) is 3.64. The van der Waals surface area contributed by atoms with Crippen molar-refractivity contribution in [3.63, 3.8) is 0 Å². The molecule has 30 heavy (non-hydrogen) atoms. The van der Waals surface area contributed by atoms with Gasteiger partial charge in [-0.15, -0.1) is 0 Å². The minimum atomic E-state index is -1.13. The molecule has 1 aliphatic carbocycles. The van der Waals surface area contributed by atoms with Crippen molar-refractivity contribution in [1.29, 1.82) is 0 Å².